The lowest BCUT2D eigenvalue weighted by molar-refractivity contribution is -0.137. The number of anilines is 12. The first-order chi connectivity index (χ1) is 57.4. The van der Waals surface area contributed by atoms with Crippen molar-refractivity contribution < 1.29 is 22.3 Å². The standard InChI is InChI=1S/C22H15F3N6.C22H25N7.C22H18N6O.C21H15FN6/c23-22(24,25)14-5-3-13(4-6-14)10-28-21-29-11-17-15-7-9-26-12-18(15)30-20-16(19(17)31-21)2-1-8-27-20;1-2-10-29-11-6-15(7-12-29)26-22-25-13-18-16-5-9-23-14-19(16)27-21-17(20(18)28-22)4-3-8-24-21;1-29-19-7-3-2-5-14(19)11-25-22-26-12-17-15-8-10-23-13-18(15)27-21-16(20(17)28-22)6-4-9-24-21;22-17-6-2-1-4-13(17)10-25-21-26-11-16-14-7-9-23-12-18(14)27-20-15(19(16)28-21)5-3-8-24-20/h1-9,11-12H,10H2,(H,27,30)(H,28,29,31);3-5,8-9,13-15H,2,6-7,10-12H2,1H3,(H,24,27)(H,25,26,28);2-10,12-13H,11H2,1H3,(H,24,27)(H,25,26,28);1-9,11-12H,10H2,(H,24,27)(H,25,26,28). The van der Waals surface area contributed by atoms with Crippen LogP contribution in [0.4, 0.5) is 87.4 Å². The van der Waals surface area contributed by atoms with Crippen LogP contribution in [0.25, 0.3) is 89.5 Å². The fraction of sp³-hybridized carbons (Fsp3) is 0.149. The minimum absolute atomic E-state index is 0.259. The van der Waals surface area contributed by atoms with Crippen molar-refractivity contribution in [3.63, 3.8) is 0 Å². The van der Waals surface area contributed by atoms with Gasteiger partial charge in [0.2, 0.25) is 23.8 Å². The topological polar surface area (TPSA) is 315 Å². The molecular formula is C87H73F4N25O. The zero-order chi connectivity index (χ0) is 79.6. The highest BCUT2D eigenvalue weighted by Crippen LogP contribution is 2.47. The summed E-state index contributed by atoms with van der Waals surface area (Å²) in [7, 11) is 1.67. The van der Waals surface area contributed by atoms with Gasteiger partial charge in [0.25, 0.3) is 0 Å². The van der Waals surface area contributed by atoms with Gasteiger partial charge in [-0.05, 0) is 128 Å². The molecule has 17 heterocycles. The van der Waals surface area contributed by atoms with Gasteiger partial charge in [0.05, 0.1) is 83.0 Å². The molecule has 0 spiro atoms. The van der Waals surface area contributed by atoms with E-state index in [0.717, 1.165) is 168 Å². The summed E-state index contributed by atoms with van der Waals surface area (Å²) in [6.45, 7) is 6.83. The van der Waals surface area contributed by atoms with E-state index in [1.807, 2.05) is 116 Å². The summed E-state index contributed by atoms with van der Waals surface area (Å²) < 4.78 is 57.5. The minimum Gasteiger partial charge on any atom is -0.496 e. The Kier molecular flexibility index (Phi) is 21.6. The number of ether oxygens (including phenoxy) is 1. The molecule has 1 fully saturated rings. The number of nitrogens with zero attached hydrogens (tertiary/aromatic N) is 17. The first-order valence-electron chi connectivity index (χ1n) is 37.8. The Hall–Kier alpha value is -14.9. The lowest BCUT2D eigenvalue weighted by Crippen LogP contribution is -2.39. The van der Waals surface area contributed by atoms with E-state index in [-0.39, 0.29) is 12.4 Å². The normalized spacial score (nSPS) is 12.8. The molecule has 30 heteroatoms. The Morgan fingerprint density at radius 2 is 0.769 bits per heavy atom. The van der Waals surface area contributed by atoms with Crippen molar-refractivity contribution in [2.75, 3.05) is 69.3 Å². The first-order valence-corrected chi connectivity index (χ1v) is 37.8. The Morgan fingerprint density at radius 1 is 0.393 bits per heavy atom. The van der Waals surface area contributed by atoms with E-state index < -0.39 is 11.7 Å². The molecule has 0 unspecified atom stereocenters. The second kappa shape index (κ2) is 33.8. The highest BCUT2D eigenvalue weighted by atomic mass is 19.4. The SMILES string of the molecule is CCCN1CCC(Nc2ncc3c(n2)-c2cccnc2Nc2cnccc2-3)CC1.COc1ccccc1CNc1ncc2c(n1)-c1cccnc1Nc1cnccc1-2.FC(F)(F)c1ccc(CNc2ncc3c(n2)-c2cccnc2Nc2cnccc2-3)cc1.Fc1ccccc1CNc1ncc2c(n1)-c1cccnc1Nc1cnccc1-2. The van der Waals surface area contributed by atoms with Gasteiger partial charge in [0, 0.05) is 191 Å². The van der Waals surface area contributed by atoms with E-state index in [9.17, 15) is 17.6 Å². The van der Waals surface area contributed by atoms with Crippen LogP contribution in [0.5, 0.6) is 5.75 Å². The first kappa shape index (κ1) is 74.8. The highest BCUT2D eigenvalue weighted by Gasteiger charge is 2.31. The smallest absolute Gasteiger partial charge is 0.416 e. The number of benzene rings is 3. The fourth-order valence-electron chi connectivity index (χ4n) is 14.3. The Balaban J connectivity index is 0.000000112. The van der Waals surface area contributed by atoms with Crippen molar-refractivity contribution in [3.8, 4) is 95.3 Å². The van der Waals surface area contributed by atoms with E-state index in [4.69, 9.17) is 19.7 Å². The lowest BCUT2D eigenvalue weighted by Gasteiger charge is -2.32. The number of aromatic nitrogens is 16. The molecule has 0 bridgehead atoms. The number of hydrogen-bond acceptors (Lipinski definition) is 26. The monoisotopic (exact) mass is 1560 g/mol. The molecule has 0 radical (unpaired) electrons. The number of likely N-dealkylation sites (tertiary alicyclic amines) is 1. The molecular weight excluding hydrogens is 1490 g/mol. The fourth-order valence-corrected chi connectivity index (χ4v) is 14.3. The van der Waals surface area contributed by atoms with Gasteiger partial charge in [0.15, 0.2) is 0 Å². The molecule has 3 aromatic carbocycles. The van der Waals surface area contributed by atoms with Crippen molar-refractivity contribution in [1.29, 1.82) is 0 Å². The van der Waals surface area contributed by atoms with E-state index in [1.54, 1.807) is 106 Å². The highest BCUT2D eigenvalue weighted by molar-refractivity contribution is 5.99. The number of rotatable bonds is 14. The maximum atomic E-state index is 13.9. The van der Waals surface area contributed by atoms with Crippen molar-refractivity contribution >= 4 is 69.8 Å². The number of methoxy groups -OCH3 is 1. The van der Waals surface area contributed by atoms with Crippen molar-refractivity contribution in [2.45, 2.75) is 58.0 Å². The van der Waals surface area contributed by atoms with Crippen LogP contribution in [0, 0.1) is 5.82 Å². The molecule has 0 amide bonds. The molecule has 0 saturated carbocycles. The van der Waals surface area contributed by atoms with E-state index in [2.05, 4.69) is 119 Å². The van der Waals surface area contributed by atoms with Crippen LogP contribution >= 0.6 is 0 Å². The Bertz CT molecular complexity index is 6110. The van der Waals surface area contributed by atoms with Crippen LogP contribution < -0.4 is 47.3 Å². The lowest BCUT2D eigenvalue weighted by atomic mass is 10.0. The van der Waals surface area contributed by atoms with Crippen LogP contribution in [0.2, 0.25) is 0 Å². The third-order valence-electron chi connectivity index (χ3n) is 20.1. The molecule has 5 aliphatic rings. The summed E-state index contributed by atoms with van der Waals surface area (Å²) >= 11 is 0. The van der Waals surface area contributed by atoms with Gasteiger partial charge >= 0.3 is 6.18 Å². The predicted molar refractivity (Wildman–Crippen MR) is 443 cm³/mol. The average Bonchev–Trinajstić information content (AvgIpc) is 1.67. The Morgan fingerprint density at radius 3 is 1.17 bits per heavy atom. The molecule has 26 nitrogen and oxygen atoms in total. The number of para-hydroxylation sites is 1. The van der Waals surface area contributed by atoms with Gasteiger partial charge in [-0.2, -0.15) is 13.2 Å². The zero-order valence-electron chi connectivity index (χ0n) is 63.1. The summed E-state index contributed by atoms with van der Waals surface area (Å²) in [6.07, 6.45) is 27.4. The van der Waals surface area contributed by atoms with Crippen molar-refractivity contribution in [2.24, 2.45) is 0 Å². The van der Waals surface area contributed by atoms with Gasteiger partial charge in [-0.1, -0.05) is 55.5 Å². The number of halogens is 4. The number of alkyl halides is 3. The molecule has 1 saturated heterocycles. The summed E-state index contributed by atoms with van der Waals surface area (Å²) in [5.41, 5.74) is 19.3. The van der Waals surface area contributed by atoms with E-state index >= 15 is 0 Å². The molecule has 580 valence electrons. The number of fused-ring (bicyclic) bond motifs is 20. The molecule has 8 N–H and O–H groups in total. The summed E-state index contributed by atoms with van der Waals surface area (Å²) in [6, 6.07) is 43.2. The van der Waals surface area contributed by atoms with Crippen LogP contribution in [-0.4, -0.2) is 117 Å². The van der Waals surface area contributed by atoms with Crippen LogP contribution in [0.3, 0.4) is 0 Å². The molecule has 5 aliphatic heterocycles. The Labute approximate surface area is 668 Å². The van der Waals surface area contributed by atoms with Gasteiger partial charge in [-0.25, -0.2) is 64.2 Å². The second-order valence-corrected chi connectivity index (χ2v) is 27.5. The van der Waals surface area contributed by atoms with Crippen LogP contribution in [-0.2, 0) is 25.8 Å². The van der Waals surface area contributed by atoms with Crippen LogP contribution in [0.15, 0.2) is 245 Å². The van der Waals surface area contributed by atoms with Gasteiger partial charge in [-0.3, -0.25) is 19.9 Å². The minimum atomic E-state index is -4.35. The third kappa shape index (κ3) is 16.5. The second-order valence-electron chi connectivity index (χ2n) is 27.5. The summed E-state index contributed by atoms with van der Waals surface area (Å²) in [5, 5.41) is 26.5. The van der Waals surface area contributed by atoms with Gasteiger partial charge in [-0.15, -0.1) is 0 Å². The maximum Gasteiger partial charge on any atom is 0.416 e. The molecule has 20 rings (SSSR count). The van der Waals surface area contributed by atoms with E-state index in [0.29, 0.717) is 71.4 Å². The number of pyridine rings is 8. The number of piperidine rings is 1. The molecule has 15 aromatic rings. The van der Waals surface area contributed by atoms with E-state index in [1.165, 1.54) is 31.2 Å². The molecule has 0 aliphatic carbocycles. The molecule has 0 atom stereocenters. The number of hydrogen-bond donors (Lipinski definition) is 8. The van der Waals surface area contributed by atoms with Crippen LogP contribution in [0.1, 0.15) is 48.4 Å². The van der Waals surface area contributed by atoms with Gasteiger partial charge in [0.1, 0.15) is 34.8 Å². The predicted octanol–water partition coefficient (Wildman–Crippen LogP) is 17.9. The number of nitrogens with one attached hydrogen (secondary N) is 8. The zero-order valence-corrected chi connectivity index (χ0v) is 63.1. The average molecular weight is 1560 g/mol. The quantitative estimate of drug-likeness (QED) is 0.0469. The van der Waals surface area contributed by atoms with Gasteiger partial charge < -0.3 is 52.2 Å². The maximum absolute atomic E-state index is 13.9. The van der Waals surface area contributed by atoms with Crippen molar-refractivity contribution in [1.82, 2.24) is 84.6 Å². The summed E-state index contributed by atoms with van der Waals surface area (Å²) in [4.78, 5) is 74.4. The summed E-state index contributed by atoms with van der Waals surface area (Å²) in [5.74, 6) is 5.48. The largest absolute Gasteiger partial charge is 0.496 e. The third-order valence-corrected chi connectivity index (χ3v) is 20.1. The molecule has 12 aromatic heterocycles. The van der Waals surface area contributed by atoms with Crippen molar-refractivity contribution in [3.05, 3.63) is 273 Å². The molecule has 117 heavy (non-hydrogen) atoms.